The molecule has 0 aliphatic carbocycles. The molecule has 0 bridgehead atoms. The van der Waals surface area contributed by atoms with Crippen LogP contribution in [0.5, 0.6) is 0 Å². The van der Waals surface area contributed by atoms with Crippen molar-refractivity contribution in [3.8, 4) is 0 Å². The Hall–Kier alpha value is -1.26. The highest BCUT2D eigenvalue weighted by atomic mass is 16.6. The normalized spacial score (nSPS) is 23.0. The lowest BCUT2D eigenvalue weighted by atomic mass is 9.86. The molecule has 0 aromatic heterocycles. The predicted molar refractivity (Wildman–Crippen MR) is 81.2 cm³/mol. The van der Waals surface area contributed by atoms with Gasteiger partial charge in [-0.2, -0.15) is 0 Å². The molecule has 0 saturated carbocycles. The van der Waals surface area contributed by atoms with Crippen molar-refractivity contribution in [1.82, 2.24) is 4.90 Å². The fraction of sp³-hybridized carbons (Fsp3) is 0.875. The second-order valence-electron chi connectivity index (χ2n) is 6.96. The fourth-order valence-corrected chi connectivity index (χ4v) is 2.84. The maximum Gasteiger partial charge on any atom is 0.410 e. The first kappa shape index (κ1) is 17.8. The highest BCUT2D eigenvalue weighted by Gasteiger charge is 2.34. The van der Waals surface area contributed by atoms with E-state index < -0.39 is 11.6 Å². The van der Waals surface area contributed by atoms with Crippen LogP contribution in [0.4, 0.5) is 4.79 Å². The summed E-state index contributed by atoms with van der Waals surface area (Å²) in [5, 5.41) is 8.95. The molecule has 0 radical (unpaired) electrons. The zero-order valence-corrected chi connectivity index (χ0v) is 13.7. The van der Waals surface area contributed by atoms with Crippen LogP contribution in [0.3, 0.4) is 0 Å². The quantitative estimate of drug-likeness (QED) is 0.841. The molecule has 5 heteroatoms. The molecule has 0 aromatic carbocycles. The molecule has 1 rings (SSSR count). The first-order valence-electron chi connectivity index (χ1n) is 7.94. The van der Waals surface area contributed by atoms with E-state index in [0.29, 0.717) is 6.54 Å². The Morgan fingerprint density at radius 2 is 2.00 bits per heavy atom. The minimum absolute atomic E-state index is 0.109. The van der Waals surface area contributed by atoms with E-state index in [-0.39, 0.29) is 24.5 Å². The molecule has 21 heavy (non-hydrogen) atoms. The lowest BCUT2D eigenvalue weighted by Gasteiger charge is -2.39. The Morgan fingerprint density at radius 1 is 1.33 bits per heavy atom. The number of aliphatic carboxylic acids is 1. The molecule has 0 aromatic rings. The molecule has 1 N–H and O–H groups in total. The third kappa shape index (κ3) is 6.36. The van der Waals surface area contributed by atoms with Crippen molar-refractivity contribution < 1.29 is 19.4 Å². The fourth-order valence-electron chi connectivity index (χ4n) is 2.84. The van der Waals surface area contributed by atoms with Crippen molar-refractivity contribution in [3.63, 3.8) is 0 Å². The minimum Gasteiger partial charge on any atom is -0.481 e. The van der Waals surface area contributed by atoms with Gasteiger partial charge >= 0.3 is 12.1 Å². The zero-order chi connectivity index (χ0) is 16.0. The van der Waals surface area contributed by atoms with Crippen LogP contribution in [0.2, 0.25) is 0 Å². The van der Waals surface area contributed by atoms with Gasteiger partial charge in [-0.15, -0.1) is 0 Å². The molecular weight excluding hydrogens is 270 g/mol. The van der Waals surface area contributed by atoms with E-state index in [2.05, 4.69) is 6.92 Å². The zero-order valence-electron chi connectivity index (χ0n) is 13.7. The minimum atomic E-state index is -0.750. The van der Waals surface area contributed by atoms with Crippen LogP contribution in [0.15, 0.2) is 0 Å². The predicted octanol–water partition coefficient (Wildman–Crippen LogP) is 3.67. The SMILES string of the molecule is CCCCC1CC(CC(=O)O)CCN1C(=O)OC(C)(C)C. The standard InChI is InChI=1S/C16H29NO4/c1-5-6-7-13-10-12(11-14(18)19)8-9-17(13)15(20)21-16(2,3)4/h12-13H,5-11H2,1-4H3,(H,18,19). The summed E-state index contributed by atoms with van der Waals surface area (Å²) in [6.45, 7) is 8.31. The third-order valence-corrected chi connectivity index (χ3v) is 3.81. The van der Waals surface area contributed by atoms with Crippen LogP contribution >= 0.6 is 0 Å². The Bertz CT molecular complexity index is 362. The lowest BCUT2D eigenvalue weighted by molar-refractivity contribution is -0.138. The van der Waals surface area contributed by atoms with Crippen molar-refractivity contribution in [2.75, 3.05) is 6.54 Å². The van der Waals surface area contributed by atoms with Crippen molar-refractivity contribution in [2.45, 2.75) is 77.9 Å². The molecule has 0 spiro atoms. The number of rotatable bonds is 5. The topological polar surface area (TPSA) is 66.8 Å². The van der Waals surface area contributed by atoms with Gasteiger partial charge in [0.15, 0.2) is 0 Å². The van der Waals surface area contributed by atoms with Gasteiger partial charge < -0.3 is 14.7 Å². The number of unbranched alkanes of at least 4 members (excludes halogenated alkanes) is 1. The van der Waals surface area contributed by atoms with Crippen LogP contribution in [-0.2, 0) is 9.53 Å². The van der Waals surface area contributed by atoms with Crippen molar-refractivity contribution in [1.29, 1.82) is 0 Å². The number of carbonyl (C=O) groups is 2. The number of piperidine rings is 1. The Balaban J connectivity index is 2.68. The van der Waals surface area contributed by atoms with Gasteiger partial charge in [-0.05, 0) is 46.0 Å². The van der Waals surface area contributed by atoms with Crippen LogP contribution in [0, 0.1) is 5.92 Å². The summed E-state index contributed by atoms with van der Waals surface area (Å²) in [5.74, 6) is -0.581. The molecule has 122 valence electrons. The van der Waals surface area contributed by atoms with E-state index in [1.807, 2.05) is 20.8 Å². The smallest absolute Gasteiger partial charge is 0.410 e. The van der Waals surface area contributed by atoms with Gasteiger partial charge in [0.2, 0.25) is 0 Å². The molecule has 1 saturated heterocycles. The van der Waals surface area contributed by atoms with Gasteiger partial charge in [0.25, 0.3) is 0 Å². The first-order valence-corrected chi connectivity index (χ1v) is 7.94. The number of carbonyl (C=O) groups excluding carboxylic acids is 1. The summed E-state index contributed by atoms with van der Waals surface area (Å²) in [6, 6.07) is 0.109. The second-order valence-corrected chi connectivity index (χ2v) is 6.96. The molecule has 2 unspecified atom stereocenters. The van der Waals surface area contributed by atoms with Crippen LogP contribution in [0.1, 0.15) is 66.2 Å². The van der Waals surface area contributed by atoms with Crippen LogP contribution < -0.4 is 0 Å². The number of likely N-dealkylation sites (tertiary alicyclic amines) is 1. The van der Waals surface area contributed by atoms with Gasteiger partial charge in [-0.3, -0.25) is 4.79 Å². The summed E-state index contributed by atoms with van der Waals surface area (Å²) >= 11 is 0. The van der Waals surface area contributed by atoms with Crippen LogP contribution in [-0.4, -0.2) is 40.3 Å². The van der Waals surface area contributed by atoms with Crippen molar-refractivity contribution in [2.24, 2.45) is 5.92 Å². The summed E-state index contributed by atoms with van der Waals surface area (Å²) in [4.78, 5) is 25.0. The molecular formula is C16H29NO4. The van der Waals surface area contributed by atoms with Gasteiger partial charge in [-0.1, -0.05) is 19.8 Å². The van der Waals surface area contributed by atoms with E-state index in [1.165, 1.54) is 0 Å². The number of amides is 1. The Kier molecular flexibility index (Phi) is 6.49. The maximum absolute atomic E-state index is 12.3. The first-order chi connectivity index (χ1) is 9.73. The highest BCUT2D eigenvalue weighted by Crippen LogP contribution is 2.29. The Morgan fingerprint density at radius 3 is 2.52 bits per heavy atom. The van der Waals surface area contributed by atoms with Gasteiger partial charge in [-0.25, -0.2) is 4.79 Å². The maximum atomic E-state index is 12.3. The largest absolute Gasteiger partial charge is 0.481 e. The number of carboxylic acids is 1. The summed E-state index contributed by atoms with van der Waals surface area (Å²) < 4.78 is 5.47. The third-order valence-electron chi connectivity index (χ3n) is 3.81. The van der Waals surface area contributed by atoms with Gasteiger partial charge in [0.05, 0.1) is 0 Å². The summed E-state index contributed by atoms with van der Waals surface area (Å²) in [6.07, 6.45) is 4.49. The number of hydrogen-bond donors (Lipinski definition) is 1. The molecule has 1 fully saturated rings. The number of nitrogens with zero attached hydrogens (tertiary/aromatic N) is 1. The monoisotopic (exact) mass is 299 g/mol. The van der Waals surface area contributed by atoms with E-state index in [0.717, 1.165) is 32.1 Å². The van der Waals surface area contributed by atoms with Crippen LogP contribution in [0.25, 0.3) is 0 Å². The van der Waals surface area contributed by atoms with E-state index in [1.54, 1.807) is 4.90 Å². The van der Waals surface area contributed by atoms with E-state index in [9.17, 15) is 9.59 Å². The molecule has 1 aliphatic heterocycles. The molecule has 1 heterocycles. The molecule has 5 nitrogen and oxygen atoms in total. The average Bonchev–Trinajstić information content (AvgIpc) is 2.33. The van der Waals surface area contributed by atoms with Gasteiger partial charge in [0, 0.05) is 19.0 Å². The molecule has 2 atom stereocenters. The molecule has 1 amide bonds. The van der Waals surface area contributed by atoms with E-state index >= 15 is 0 Å². The highest BCUT2D eigenvalue weighted by molar-refractivity contribution is 5.69. The van der Waals surface area contributed by atoms with Gasteiger partial charge in [0.1, 0.15) is 5.60 Å². The molecule has 1 aliphatic rings. The number of ether oxygens (including phenoxy) is 1. The van der Waals surface area contributed by atoms with Crippen molar-refractivity contribution >= 4 is 12.1 Å². The average molecular weight is 299 g/mol. The Labute approximate surface area is 127 Å². The second kappa shape index (κ2) is 7.66. The van der Waals surface area contributed by atoms with Crippen molar-refractivity contribution in [3.05, 3.63) is 0 Å². The van der Waals surface area contributed by atoms with E-state index in [4.69, 9.17) is 9.84 Å². The number of carboxylic acid groups (broad SMARTS) is 1. The summed E-state index contributed by atoms with van der Waals surface area (Å²) in [7, 11) is 0. The summed E-state index contributed by atoms with van der Waals surface area (Å²) in [5.41, 5.74) is -0.496. The lowest BCUT2D eigenvalue weighted by Crippen LogP contribution is -2.48. The number of hydrogen-bond acceptors (Lipinski definition) is 3.